The first-order valence-electron chi connectivity index (χ1n) is 9.49. The first-order valence-corrected chi connectivity index (χ1v) is 9.49. The molecule has 0 unspecified atom stereocenters. The van der Waals surface area contributed by atoms with Crippen molar-refractivity contribution in [1.29, 1.82) is 0 Å². The van der Waals surface area contributed by atoms with Crippen molar-refractivity contribution in [3.8, 4) is 5.75 Å². The number of ether oxygens (including phenoxy) is 1. The van der Waals surface area contributed by atoms with Gasteiger partial charge in [-0.2, -0.15) is 4.98 Å². The Kier molecular flexibility index (Phi) is 6.45. The van der Waals surface area contributed by atoms with Crippen LogP contribution < -0.4 is 10.1 Å². The molecule has 1 atom stereocenters. The normalized spacial score (nSPS) is 17.7. The lowest BCUT2D eigenvalue weighted by atomic mass is 9.93. The number of methoxy groups -OCH3 is 1. The fourth-order valence-corrected chi connectivity index (χ4v) is 3.58. The number of anilines is 1. The molecule has 2 aromatic rings. The van der Waals surface area contributed by atoms with Gasteiger partial charge in [0.25, 0.3) is 0 Å². The second kappa shape index (κ2) is 8.99. The molecule has 1 amide bonds. The third kappa shape index (κ3) is 5.53. The largest absolute Gasteiger partial charge is 0.497 e. The predicted molar refractivity (Wildman–Crippen MR) is 103 cm³/mol. The van der Waals surface area contributed by atoms with Gasteiger partial charge in [0.05, 0.1) is 13.7 Å². The Bertz CT molecular complexity index is 774. The van der Waals surface area contributed by atoms with Gasteiger partial charge in [-0.05, 0) is 69.3 Å². The van der Waals surface area contributed by atoms with Crippen LogP contribution in [0.4, 0.5) is 5.69 Å². The first kappa shape index (κ1) is 19.4. The number of aryl methyl sites for hydroxylation is 2. The Balaban J connectivity index is 1.45. The smallest absolute Gasteiger partial charge is 0.240 e. The Morgan fingerprint density at radius 2 is 2.26 bits per heavy atom. The molecule has 146 valence electrons. The molecule has 27 heavy (non-hydrogen) atoms. The highest BCUT2D eigenvalue weighted by Crippen LogP contribution is 2.24. The molecule has 0 saturated carbocycles. The van der Waals surface area contributed by atoms with Crippen molar-refractivity contribution in [1.82, 2.24) is 15.0 Å². The van der Waals surface area contributed by atoms with Crippen molar-refractivity contribution in [3.63, 3.8) is 0 Å². The number of benzene rings is 1. The summed E-state index contributed by atoms with van der Waals surface area (Å²) >= 11 is 0. The fraction of sp³-hybridized carbons (Fsp3) is 0.550. The Hall–Kier alpha value is -2.41. The highest BCUT2D eigenvalue weighted by Gasteiger charge is 2.22. The van der Waals surface area contributed by atoms with Crippen molar-refractivity contribution in [2.24, 2.45) is 5.92 Å². The maximum absolute atomic E-state index is 12.3. The monoisotopic (exact) mass is 372 g/mol. The number of hydrogen-bond acceptors (Lipinski definition) is 6. The standard InChI is InChI=1S/C20H28N4O3/c1-14-11-17(26-3)7-8-18(14)22-19(25)9-6-16-5-4-10-24(12-16)13-20-21-15(2)23-27-20/h7-8,11,16H,4-6,9-10,12-13H2,1-3H3,(H,22,25)/t16-/m0/s1. The highest BCUT2D eigenvalue weighted by atomic mass is 16.5. The van der Waals surface area contributed by atoms with Gasteiger partial charge >= 0.3 is 0 Å². The van der Waals surface area contributed by atoms with E-state index in [4.69, 9.17) is 9.26 Å². The Morgan fingerprint density at radius 1 is 1.41 bits per heavy atom. The predicted octanol–water partition coefficient (Wildman–Crippen LogP) is 3.33. The lowest BCUT2D eigenvalue weighted by Crippen LogP contribution is -2.35. The van der Waals surface area contributed by atoms with Crippen LogP contribution >= 0.6 is 0 Å². The summed E-state index contributed by atoms with van der Waals surface area (Å²) in [5.41, 5.74) is 1.85. The van der Waals surface area contributed by atoms with Crippen molar-refractivity contribution >= 4 is 11.6 Å². The number of nitrogens with one attached hydrogen (secondary N) is 1. The average molecular weight is 372 g/mol. The van der Waals surface area contributed by atoms with E-state index in [0.717, 1.165) is 49.4 Å². The van der Waals surface area contributed by atoms with Crippen molar-refractivity contribution in [2.75, 3.05) is 25.5 Å². The quantitative estimate of drug-likeness (QED) is 0.803. The molecule has 2 heterocycles. The van der Waals surface area contributed by atoms with Crippen LogP contribution in [0.2, 0.25) is 0 Å². The summed E-state index contributed by atoms with van der Waals surface area (Å²) < 4.78 is 10.4. The summed E-state index contributed by atoms with van der Waals surface area (Å²) in [4.78, 5) is 19.0. The number of aromatic nitrogens is 2. The molecule has 3 rings (SSSR count). The second-order valence-corrected chi connectivity index (χ2v) is 7.25. The molecule has 0 spiro atoms. The minimum atomic E-state index is 0.0629. The molecular formula is C20H28N4O3. The Labute approximate surface area is 160 Å². The van der Waals surface area contributed by atoms with Gasteiger partial charge in [-0.15, -0.1) is 0 Å². The van der Waals surface area contributed by atoms with Gasteiger partial charge in [-0.1, -0.05) is 5.16 Å². The maximum atomic E-state index is 12.3. The number of amides is 1. The third-order valence-corrected chi connectivity index (χ3v) is 5.02. The summed E-state index contributed by atoms with van der Waals surface area (Å²) in [6.07, 6.45) is 3.72. The lowest BCUT2D eigenvalue weighted by molar-refractivity contribution is -0.116. The molecule has 0 aliphatic carbocycles. The summed E-state index contributed by atoms with van der Waals surface area (Å²) in [6.45, 7) is 6.49. The third-order valence-electron chi connectivity index (χ3n) is 5.02. The van der Waals surface area contributed by atoms with Crippen LogP contribution in [0.3, 0.4) is 0 Å². The van der Waals surface area contributed by atoms with Crippen LogP contribution in [0.5, 0.6) is 5.75 Å². The maximum Gasteiger partial charge on any atom is 0.240 e. The van der Waals surface area contributed by atoms with Crippen LogP contribution in [0.1, 0.15) is 43.0 Å². The van der Waals surface area contributed by atoms with E-state index < -0.39 is 0 Å². The number of piperidine rings is 1. The molecular weight excluding hydrogens is 344 g/mol. The molecule has 7 heteroatoms. The van der Waals surface area contributed by atoms with E-state index >= 15 is 0 Å². The molecule has 1 N–H and O–H groups in total. The molecule has 0 radical (unpaired) electrons. The summed E-state index contributed by atoms with van der Waals surface area (Å²) in [5.74, 6) is 2.72. The van der Waals surface area contributed by atoms with Gasteiger partial charge in [0.15, 0.2) is 5.82 Å². The van der Waals surface area contributed by atoms with Gasteiger partial charge in [-0.3, -0.25) is 9.69 Å². The number of hydrogen-bond donors (Lipinski definition) is 1. The number of rotatable bonds is 7. The van der Waals surface area contributed by atoms with Gasteiger partial charge in [0.2, 0.25) is 11.8 Å². The molecule has 1 aliphatic heterocycles. The molecule has 1 fully saturated rings. The van der Waals surface area contributed by atoms with E-state index in [1.165, 1.54) is 0 Å². The van der Waals surface area contributed by atoms with Crippen LogP contribution in [-0.2, 0) is 11.3 Å². The summed E-state index contributed by atoms with van der Waals surface area (Å²) in [7, 11) is 1.64. The minimum absolute atomic E-state index is 0.0629. The van der Waals surface area contributed by atoms with Gasteiger partial charge in [0, 0.05) is 18.7 Å². The lowest BCUT2D eigenvalue weighted by Gasteiger charge is -2.31. The van der Waals surface area contributed by atoms with Crippen LogP contribution in [0.15, 0.2) is 22.7 Å². The number of likely N-dealkylation sites (tertiary alicyclic amines) is 1. The van der Waals surface area contributed by atoms with Crippen LogP contribution in [0.25, 0.3) is 0 Å². The zero-order chi connectivity index (χ0) is 19.2. The van der Waals surface area contributed by atoms with Gasteiger partial charge in [0.1, 0.15) is 5.75 Å². The van der Waals surface area contributed by atoms with Crippen LogP contribution in [-0.4, -0.2) is 41.1 Å². The van der Waals surface area contributed by atoms with Gasteiger partial charge in [-0.25, -0.2) is 0 Å². The van der Waals surface area contributed by atoms with Gasteiger partial charge < -0.3 is 14.6 Å². The fourth-order valence-electron chi connectivity index (χ4n) is 3.58. The van der Waals surface area contributed by atoms with Crippen molar-refractivity contribution in [2.45, 2.75) is 46.1 Å². The zero-order valence-electron chi connectivity index (χ0n) is 16.3. The van der Waals surface area contributed by atoms with E-state index in [0.29, 0.717) is 30.6 Å². The second-order valence-electron chi connectivity index (χ2n) is 7.25. The average Bonchev–Trinajstić information content (AvgIpc) is 3.06. The first-order chi connectivity index (χ1) is 13.0. The summed E-state index contributed by atoms with van der Waals surface area (Å²) in [5, 5.41) is 6.86. The van der Waals surface area contributed by atoms with Crippen LogP contribution in [0, 0.1) is 19.8 Å². The zero-order valence-corrected chi connectivity index (χ0v) is 16.3. The highest BCUT2D eigenvalue weighted by molar-refractivity contribution is 5.91. The molecule has 1 aromatic heterocycles. The van der Waals surface area contributed by atoms with E-state index in [-0.39, 0.29) is 5.91 Å². The number of nitrogens with zero attached hydrogens (tertiary/aromatic N) is 3. The molecule has 7 nitrogen and oxygen atoms in total. The molecule has 1 saturated heterocycles. The SMILES string of the molecule is COc1ccc(NC(=O)CC[C@@H]2CCCN(Cc3nc(C)no3)C2)c(C)c1. The minimum Gasteiger partial charge on any atom is -0.497 e. The van der Waals surface area contributed by atoms with E-state index in [1.54, 1.807) is 7.11 Å². The summed E-state index contributed by atoms with van der Waals surface area (Å²) in [6, 6.07) is 5.68. The molecule has 0 bridgehead atoms. The molecule has 1 aliphatic rings. The van der Waals surface area contributed by atoms with E-state index in [9.17, 15) is 4.79 Å². The Morgan fingerprint density at radius 3 is 2.96 bits per heavy atom. The van der Waals surface area contributed by atoms with Crippen molar-refractivity contribution < 1.29 is 14.1 Å². The number of carbonyl (C=O) groups is 1. The number of carbonyl (C=O) groups excluding carboxylic acids is 1. The van der Waals surface area contributed by atoms with Crippen molar-refractivity contribution in [3.05, 3.63) is 35.5 Å². The van der Waals surface area contributed by atoms with E-state index in [1.807, 2.05) is 32.0 Å². The molecule has 1 aromatic carbocycles. The van der Waals surface area contributed by atoms with E-state index in [2.05, 4.69) is 20.4 Å². The topological polar surface area (TPSA) is 80.5 Å².